The number of nitrogens with two attached hydrogens (primary N) is 2. The van der Waals surface area contributed by atoms with Crippen molar-refractivity contribution in [2.75, 3.05) is 5.73 Å². The molecule has 0 saturated carbocycles. The fourth-order valence-corrected chi connectivity index (χ4v) is 6.27. The number of carbonyl (C=O) groups excluding carboxylic acids is 2. The quantitative estimate of drug-likeness (QED) is 0.113. The molecule has 0 unspecified atom stereocenters. The van der Waals surface area contributed by atoms with Crippen LogP contribution in [0.3, 0.4) is 0 Å². The molecule has 0 aliphatic carbocycles. The van der Waals surface area contributed by atoms with Crippen LogP contribution < -0.4 is 27.7 Å². The van der Waals surface area contributed by atoms with Gasteiger partial charge in [-0.05, 0) is 124 Å². The second-order valence-corrected chi connectivity index (χ2v) is 20.7. The van der Waals surface area contributed by atoms with Crippen molar-refractivity contribution in [3.63, 3.8) is 0 Å². The van der Waals surface area contributed by atoms with Gasteiger partial charge < -0.3 is 50.9 Å². The van der Waals surface area contributed by atoms with Crippen LogP contribution in [0.15, 0.2) is 102 Å². The van der Waals surface area contributed by atoms with Crippen LogP contribution in [0.5, 0.6) is 0 Å². The minimum atomic E-state index is -0.180. The van der Waals surface area contributed by atoms with Crippen molar-refractivity contribution in [1.29, 1.82) is 0 Å². The highest BCUT2D eigenvalue weighted by atomic mass is 16.2. The van der Waals surface area contributed by atoms with E-state index in [9.17, 15) is 14.4 Å². The van der Waals surface area contributed by atoms with E-state index in [1.165, 1.54) is 12.4 Å². The average Bonchev–Trinajstić information content (AvgIpc) is 3.79. The molecule has 19 nitrogen and oxygen atoms in total. The molecule has 7 heterocycles. The van der Waals surface area contributed by atoms with Crippen LogP contribution in [-0.2, 0) is 20.7 Å². The number of hydrogen-bond acceptors (Lipinski definition) is 14. The maximum atomic E-state index is 11.6. The number of aromatic amines is 1. The largest absolute Gasteiger partial charge is 0.384 e. The summed E-state index contributed by atoms with van der Waals surface area (Å²) in [6.45, 7) is 46.0. The molecule has 0 atom stereocenters. The summed E-state index contributed by atoms with van der Waals surface area (Å²) in [5.74, 6) is 3.35. The maximum absolute atomic E-state index is 11.6. The molecule has 7 N–H and O–H groups in total. The summed E-state index contributed by atoms with van der Waals surface area (Å²) < 4.78 is 3.89. The van der Waals surface area contributed by atoms with Gasteiger partial charge in [-0.1, -0.05) is 34.6 Å². The van der Waals surface area contributed by atoms with Crippen LogP contribution in [-0.4, -0.2) is 88.0 Å². The first kappa shape index (κ1) is 59.0. The summed E-state index contributed by atoms with van der Waals surface area (Å²) in [7, 11) is 0. The topological polar surface area (TPSA) is 239 Å². The Balaban J connectivity index is 0.000000423. The third-order valence-electron chi connectivity index (χ3n) is 9.59. The van der Waals surface area contributed by atoms with Crippen LogP contribution in [0.1, 0.15) is 131 Å². The van der Waals surface area contributed by atoms with E-state index in [-0.39, 0.29) is 59.9 Å². The second kappa shape index (κ2) is 22.2. The standard InChI is InChI=1S/C10H14N4O.C10H16N2O.C9H13N5.C9H15N3.C9H14N2O.2CH4/c1-6-12-8-7(9(15)13-6)11-5-14(8)10(2,3)4;1-7-6-12(10(3,4)5)8(2)11-9(7)13;1-9(2,3)14-5-13-6-7(10)11-4-12-8(6)14;1-7-11-8(10)5-6-12(7)9(2,3)4;1-7-10-8(12)5-6-11(7)9(2,3)4;;/h5H,1-4H3,(H,12,13,15);6H,2H2,1,3-5H3,(H,11,13);4-5H,1-3H3,(H2,10,11,12);5-6H,1H2,2-4H3,(H2,10,11);5-6H,1H2,2-4H3,(H,10,12);2*1H4. The predicted octanol–water partition coefficient (Wildman–Crippen LogP) is 7.85. The molecule has 0 bridgehead atoms. The minimum Gasteiger partial charge on any atom is -0.384 e. The van der Waals surface area contributed by atoms with Crippen molar-refractivity contribution >= 4 is 45.8 Å². The molecule has 0 radical (unpaired) electrons. The zero-order chi connectivity index (χ0) is 50.5. The van der Waals surface area contributed by atoms with Crippen LogP contribution in [0, 0.1) is 6.92 Å². The second-order valence-electron chi connectivity index (χ2n) is 20.7. The van der Waals surface area contributed by atoms with Crippen LogP contribution in [0.2, 0.25) is 0 Å². The van der Waals surface area contributed by atoms with Crippen molar-refractivity contribution in [1.82, 2.24) is 64.4 Å². The number of amidine groups is 1. The number of aromatic nitrogens is 8. The number of anilines is 1. The number of hydrogen-bond donors (Lipinski definition) is 5. The van der Waals surface area contributed by atoms with Crippen LogP contribution >= 0.6 is 0 Å². The summed E-state index contributed by atoms with van der Waals surface area (Å²) in [4.78, 5) is 66.9. The number of aliphatic imine (C=N–C) groups is 1. The Hall–Kier alpha value is -7.05. The van der Waals surface area contributed by atoms with E-state index in [0.717, 1.165) is 5.65 Å². The lowest BCUT2D eigenvalue weighted by Crippen LogP contribution is -2.46. The molecule has 3 aliphatic rings. The monoisotopic (exact) mass is 941 g/mol. The van der Waals surface area contributed by atoms with Gasteiger partial charge >= 0.3 is 0 Å². The number of fused-ring (bicyclic) bond motifs is 2. The summed E-state index contributed by atoms with van der Waals surface area (Å²) >= 11 is 0. The van der Waals surface area contributed by atoms with Gasteiger partial charge in [0, 0.05) is 57.9 Å². The first-order valence-corrected chi connectivity index (χ1v) is 21.4. The molecule has 0 saturated heterocycles. The molecule has 0 aromatic carbocycles. The third-order valence-corrected chi connectivity index (χ3v) is 9.59. The molecular weight excluding hydrogens is 861 g/mol. The summed E-state index contributed by atoms with van der Waals surface area (Å²) in [5, 5.41) is 5.35. The number of imidazole rings is 2. The van der Waals surface area contributed by atoms with Crippen LogP contribution in [0.25, 0.3) is 22.3 Å². The molecule has 4 aromatic heterocycles. The molecule has 0 spiro atoms. The molecule has 2 amide bonds. The number of carbonyl (C=O) groups is 2. The maximum Gasteiger partial charge on any atom is 0.279 e. The summed E-state index contributed by atoms with van der Waals surface area (Å²) in [5.41, 5.74) is 14.0. The lowest BCUT2D eigenvalue weighted by atomic mass is 10.1. The number of nitrogens with zero attached hydrogens (tertiary/aromatic N) is 11. The minimum absolute atomic E-state index is 0. The van der Waals surface area contributed by atoms with Crippen molar-refractivity contribution in [3.05, 3.63) is 109 Å². The first-order valence-electron chi connectivity index (χ1n) is 21.4. The fourth-order valence-electron chi connectivity index (χ4n) is 6.27. The van der Waals surface area contributed by atoms with Gasteiger partial charge in [-0.2, -0.15) is 0 Å². The van der Waals surface area contributed by atoms with E-state index in [4.69, 9.17) is 11.5 Å². The van der Waals surface area contributed by atoms with Gasteiger partial charge in [0.05, 0.1) is 12.7 Å². The van der Waals surface area contributed by atoms with Gasteiger partial charge in [0.15, 0.2) is 22.6 Å². The molecule has 4 aromatic rings. The number of rotatable bonds is 0. The van der Waals surface area contributed by atoms with Gasteiger partial charge in [0.2, 0.25) is 0 Å². The highest BCUT2D eigenvalue weighted by Gasteiger charge is 2.27. The Morgan fingerprint density at radius 2 is 1.07 bits per heavy atom. The number of nitrogen functional groups attached to an aromatic ring is 1. The normalized spacial score (nSPS) is 15.1. The van der Waals surface area contributed by atoms with E-state index >= 15 is 0 Å². The van der Waals surface area contributed by atoms with Crippen molar-refractivity contribution < 1.29 is 9.59 Å². The SMILES string of the molecule is C.C.C=C1N=C(N)C=CN1C(C)(C)C.C=C1NC(=O)C(C)=CN1C(C)(C)C.C=C1NC(=O)C=CN1C(C)(C)C.CC(C)(C)n1cnc2c(N)ncnc21.Cc1nc2c(ncn2C(C)(C)C)c(=O)[nH]1. The highest BCUT2D eigenvalue weighted by molar-refractivity contribution is 5.95. The zero-order valence-corrected chi connectivity index (χ0v) is 42.0. The molecular formula is C49H80N16O3. The predicted molar refractivity (Wildman–Crippen MR) is 278 cm³/mol. The average molecular weight is 941 g/mol. The molecule has 0 fully saturated rings. The van der Waals surface area contributed by atoms with Gasteiger partial charge in [-0.15, -0.1) is 0 Å². The Kier molecular flexibility index (Phi) is 19.2. The van der Waals surface area contributed by atoms with Gasteiger partial charge in [-0.25, -0.2) is 29.9 Å². The summed E-state index contributed by atoms with van der Waals surface area (Å²) in [6.07, 6.45) is 13.6. The fraction of sp³-hybridized carbons (Fsp3) is 0.490. The van der Waals surface area contributed by atoms with Gasteiger partial charge in [-0.3, -0.25) is 14.4 Å². The van der Waals surface area contributed by atoms with E-state index in [1.807, 2.05) is 57.0 Å². The molecule has 374 valence electrons. The lowest BCUT2D eigenvalue weighted by Gasteiger charge is -2.38. The molecule has 68 heavy (non-hydrogen) atoms. The number of nitrogens with one attached hydrogen (secondary N) is 3. The molecule has 19 heteroatoms. The van der Waals surface area contributed by atoms with E-state index in [1.54, 1.807) is 38.8 Å². The smallest absolute Gasteiger partial charge is 0.279 e. The zero-order valence-electron chi connectivity index (χ0n) is 42.0. The van der Waals surface area contributed by atoms with Crippen molar-refractivity contribution in [2.45, 2.75) is 160 Å². The highest BCUT2D eigenvalue weighted by Crippen LogP contribution is 2.25. The third kappa shape index (κ3) is 15.5. The molecule has 7 rings (SSSR count). The number of H-pyrrole nitrogens is 1. The summed E-state index contributed by atoms with van der Waals surface area (Å²) in [6, 6.07) is 0. The number of aryl methyl sites for hydroxylation is 1. The first-order chi connectivity index (χ1) is 30.0. The van der Waals surface area contributed by atoms with Crippen molar-refractivity contribution in [2.24, 2.45) is 10.7 Å². The Labute approximate surface area is 404 Å². The lowest BCUT2D eigenvalue weighted by molar-refractivity contribution is -0.118. The Morgan fingerprint density at radius 1 is 0.588 bits per heavy atom. The van der Waals surface area contributed by atoms with E-state index in [2.05, 4.69) is 148 Å². The molecule has 3 aliphatic heterocycles. The van der Waals surface area contributed by atoms with E-state index in [0.29, 0.717) is 57.2 Å². The number of amides is 2. The van der Waals surface area contributed by atoms with Gasteiger partial charge in [0.1, 0.15) is 41.0 Å². The van der Waals surface area contributed by atoms with Crippen molar-refractivity contribution in [3.8, 4) is 0 Å². The Morgan fingerprint density at radius 3 is 1.56 bits per heavy atom. The van der Waals surface area contributed by atoms with E-state index < -0.39 is 0 Å². The Bertz CT molecular complexity index is 2640. The van der Waals surface area contributed by atoms with Gasteiger partial charge in [0.25, 0.3) is 17.4 Å². The van der Waals surface area contributed by atoms with Crippen LogP contribution in [0.4, 0.5) is 5.82 Å².